The predicted molar refractivity (Wildman–Crippen MR) is 102 cm³/mol. The number of hydrogen-bond acceptors (Lipinski definition) is 4. The molecule has 0 aromatic heterocycles. The third kappa shape index (κ3) is 5.62. The van der Waals surface area contributed by atoms with Gasteiger partial charge in [-0.3, -0.25) is 4.90 Å². The highest BCUT2D eigenvalue weighted by Gasteiger charge is 2.36. The van der Waals surface area contributed by atoms with Gasteiger partial charge in [0.2, 0.25) is 0 Å². The summed E-state index contributed by atoms with van der Waals surface area (Å²) >= 11 is 0. The van der Waals surface area contributed by atoms with Gasteiger partial charge in [-0.15, -0.1) is 0 Å². The second kappa shape index (κ2) is 9.30. The summed E-state index contributed by atoms with van der Waals surface area (Å²) in [5.74, 6) is 0.955. The van der Waals surface area contributed by atoms with Crippen molar-refractivity contribution in [3.8, 4) is 11.5 Å². The first-order chi connectivity index (χ1) is 13.5. The van der Waals surface area contributed by atoms with Crippen LogP contribution in [0.1, 0.15) is 23.6 Å². The van der Waals surface area contributed by atoms with E-state index in [4.69, 9.17) is 9.47 Å². The molecular formula is C21H25F3N2O2. The van der Waals surface area contributed by atoms with Gasteiger partial charge in [0.05, 0.1) is 13.5 Å². The first-order valence-corrected chi connectivity index (χ1v) is 9.32. The Hall–Kier alpha value is -2.25. The van der Waals surface area contributed by atoms with Crippen molar-refractivity contribution < 1.29 is 22.6 Å². The Morgan fingerprint density at radius 3 is 2.39 bits per heavy atom. The zero-order valence-corrected chi connectivity index (χ0v) is 15.8. The van der Waals surface area contributed by atoms with Gasteiger partial charge in [0.1, 0.15) is 6.61 Å². The maximum atomic E-state index is 13.3. The number of benzene rings is 2. The lowest BCUT2D eigenvalue weighted by molar-refractivity contribution is -0.148. The molecule has 152 valence electrons. The van der Waals surface area contributed by atoms with Gasteiger partial charge < -0.3 is 14.8 Å². The molecule has 1 aliphatic heterocycles. The van der Waals surface area contributed by atoms with E-state index in [1.54, 1.807) is 18.2 Å². The first kappa shape index (κ1) is 20.5. The Kier molecular flexibility index (Phi) is 6.80. The second-order valence-corrected chi connectivity index (χ2v) is 6.81. The second-order valence-electron chi connectivity index (χ2n) is 6.81. The van der Waals surface area contributed by atoms with E-state index in [2.05, 4.69) is 5.32 Å². The number of rotatable bonds is 7. The topological polar surface area (TPSA) is 33.7 Å². The van der Waals surface area contributed by atoms with E-state index in [0.29, 0.717) is 49.8 Å². The Labute approximate surface area is 163 Å². The molecule has 2 aromatic rings. The highest BCUT2D eigenvalue weighted by Crippen LogP contribution is 2.38. The average Bonchev–Trinajstić information content (AvgIpc) is 2.71. The Balaban J connectivity index is 1.85. The van der Waals surface area contributed by atoms with Crippen LogP contribution >= 0.6 is 0 Å². The average molecular weight is 394 g/mol. The van der Waals surface area contributed by atoms with Crippen molar-refractivity contribution in [2.45, 2.75) is 25.2 Å². The lowest BCUT2D eigenvalue weighted by Gasteiger charge is -2.35. The summed E-state index contributed by atoms with van der Waals surface area (Å²) < 4.78 is 51.0. The van der Waals surface area contributed by atoms with Gasteiger partial charge in [-0.05, 0) is 23.3 Å². The van der Waals surface area contributed by atoms with Crippen molar-refractivity contribution in [2.24, 2.45) is 0 Å². The van der Waals surface area contributed by atoms with Crippen molar-refractivity contribution in [3.63, 3.8) is 0 Å². The maximum absolute atomic E-state index is 13.3. The van der Waals surface area contributed by atoms with E-state index < -0.39 is 18.6 Å². The molecule has 0 unspecified atom stereocenters. The molecule has 1 atom stereocenters. The van der Waals surface area contributed by atoms with Crippen LogP contribution < -0.4 is 14.8 Å². The number of hydrogen-bond donors (Lipinski definition) is 1. The minimum absolute atomic E-state index is 0.318. The highest BCUT2D eigenvalue weighted by molar-refractivity contribution is 5.44. The van der Waals surface area contributed by atoms with Gasteiger partial charge in [0, 0.05) is 32.2 Å². The third-order valence-corrected chi connectivity index (χ3v) is 4.83. The maximum Gasteiger partial charge on any atom is 0.390 e. The van der Waals surface area contributed by atoms with Crippen LogP contribution in [0.2, 0.25) is 0 Å². The molecule has 1 fully saturated rings. The molecule has 1 heterocycles. The minimum atomic E-state index is -4.25. The van der Waals surface area contributed by atoms with Crippen LogP contribution in [0.4, 0.5) is 13.2 Å². The summed E-state index contributed by atoms with van der Waals surface area (Å²) in [6, 6.07) is 13.9. The van der Waals surface area contributed by atoms with Gasteiger partial charge in [-0.1, -0.05) is 36.4 Å². The number of piperazine rings is 1. The molecule has 4 nitrogen and oxygen atoms in total. The Morgan fingerprint density at radius 1 is 1.04 bits per heavy atom. The van der Waals surface area contributed by atoms with Crippen LogP contribution in [0.25, 0.3) is 0 Å². The van der Waals surface area contributed by atoms with Gasteiger partial charge >= 0.3 is 6.18 Å². The SMILES string of the molecule is COc1ccc([C@H](CC(F)(F)F)N2CCNCC2)cc1OCc1ccccc1. The van der Waals surface area contributed by atoms with Crippen molar-refractivity contribution in [1.29, 1.82) is 0 Å². The number of halogens is 3. The fraction of sp³-hybridized carbons (Fsp3) is 0.429. The van der Waals surface area contributed by atoms with Crippen LogP contribution in [0.15, 0.2) is 48.5 Å². The van der Waals surface area contributed by atoms with Crippen molar-refractivity contribution in [2.75, 3.05) is 33.3 Å². The van der Waals surface area contributed by atoms with Crippen LogP contribution in [-0.2, 0) is 6.61 Å². The summed E-state index contributed by atoms with van der Waals surface area (Å²) in [6.07, 6.45) is -5.14. The summed E-state index contributed by atoms with van der Waals surface area (Å²) in [7, 11) is 1.52. The molecular weight excluding hydrogens is 369 g/mol. The van der Waals surface area contributed by atoms with Gasteiger partial charge in [0.25, 0.3) is 0 Å². The van der Waals surface area contributed by atoms with E-state index in [0.717, 1.165) is 5.56 Å². The fourth-order valence-electron chi connectivity index (χ4n) is 3.42. The third-order valence-electron chi connectivity index (χ3n) is 4.83. The molecule has 0 bridgehead atoms. The minimum Gasteiger partial charge on any atom is -0.493 e. The van der Waals surface area contributed by atoms with Crippen LogP contribution in [0, 0.1) is 0 Å². The van der Waals surface area contributed by atoms with Crippen LogP contribution in [0.5, 0.6) is 11.5 Å². The summed E-state index contributed by atoms with van der Waals surface area (Å²) in [6.45, 7) is 2.84. The molecule has 2 aromatic carbocycles. The lowest BCUT2D eigenvalue weighted by Crippen LogP contribution is -2.46. The fourth-order valence-corrected chi connectivity index (χ4v) is 3.42. The first-order valence-electron chi connectivity index (χ1n) is 9.32. The van der Waals surface area contributed by atoms with Gasteiger partial charge in [-0.25, -0.2) is 0 Å². The number of alkyl halides is 3. The highest BCUT2D eigenvalue weighted by atomic mass is 19.4. The standard InChI is InChI=1S/C21H25F3N2O2/c1-27-19-8-7-17(13-20(19)28-15-16-5-3-2-4-6-16)18(14-21(22,23)24)26-11-9-25-10-12-26/h2-8,13,18,25H,9-12,14-15H2,1H3/t18-/m0/s1. The van der Waals surface area contributed by atoms with Crippen molar-refractivity contribution in [3.05, 3.63) is 59.7 Å². The molecule has 0 amide bonds. The lowest BCUT2D eigenvalue weighted by atomic mass is 10.00. The van der Waals surface area contributed by atoms with E-state index in [1.807, 2.05) is 35.2 Å². The Bertz CT molecular complexity index is 747. The molecule has 0 radical (unpaired) electrons. The summed E-state index contributed by atoms with van der Waals surface area (Å²) in [4.78, 5) is 1.88. The van der Waals surface area contributed by atoms with Crippen LogP contribution in [0.3, 0.4) is 0 Å². The quantitative estimate of drug-likeness (QED) is 0.764. The van der Waals surface area contributed by atoms with E-state index in [-0.39, 0.29) is 0 Å². The van der Waals surface area contributed by atoms with E-state index in [1.165, 1.54) is 7.11 Å². The largest absolute Gasteiger partial charge is 0.493 e. The summed E-state index contributed by atoms with van der Waals surface area (Å²) in [5.41, 5.74) is 1.56. The molecule has 28 heavy (non-hydrogen) atoms. The van der Waals surface area contributed by atoms with Crippen LogP contribution in [-0.4, -0.2) is 44.4 Å². The van der Waals surface area contributed by atoms with E-state index >= 15 is 0 Å². The molecule has 7 heteroatoms. The van der Waals surface area contributed by atoms with Gasteiger partial charge in [-0.2, -0.15) is 13.2 Å². The summed E-state index contributed by atoms with van der Waals surface area (Å²) in [5, 5.41) is 3.18. The molecule has 1 aliphatic rings. The molecule has 0 saturated carbocycles. The zero-order valence-electron chi connectivity index (χ0n) is 15.8. The monoisotopic (exact) mass is 394 g/mol. The number of nitrogens with one attached hydrogen (secondary N) is 1. The van der Waals surface area contributed by atoms with Crippen molar-refractivity contribution >= 4 is 0 Å². The number of nitrogens with zero attached hydrogens (tertiary/aromatic N) is 1. The van der Waals surface area contributed by atoms with Crippen molar-refractivity contribution in [1.82, 2.24) is 10.2 Å². The normalized spacial score (nSPS) is 16.6. The number of ether oxygens (including phenoxy) is 2. The van der Waals surface area contributed by atoms with Gasteiger partial charge in [0.15, 0.2) is 11.5 Å². The molecule has 1 saturated heterocycles. The van der Waals surface area contributed by atoms with E-state index in [9.17, 15) is 13.2 Å². The molecule has 0 aliphatic carbocycles. The number of methoxy groups -OCH3 is 1. The smallest absolute Gasteiger partial charge is 0.390 e. The zero-order chi connectivity index (χ0) is 20.0. The molecule has 3 rings (SSSR count). The Morgan fingerprint density at radius 2 is 1.75 bits per heavy atom. The molecule has 0 spiro atoms. The predicted octanol–water partition coefficient (Wildman–Crippen LogP) is 4.17. The molecule has 1 N–H and O–H groups in total.